The molecule has 21 heavy (non-hydrogen) atoms. The molecule has 1 aliphatic carbocycles. The maximum Gasteiger partial charge on any atom is 0.174 e. The molecule has 4 rings (SSSR count). The van der Waals surface area contributed by atoms with Crippen LogP contribution in [0.15, 0.2) is 41.2 Å². The molecule has 1 aromatic rings. The molecule has 0 bridgehead atoms. The van der Waals surface area contributed by atoms with E-state index in [0.717, 1.165) is 16.7 Å². The van der Waals surface area contributed by atoms with Crippen molar-refractivity contribution in [2.75, 3.05) is 7.11 Å². The van der Waals surface area contributed by atoms with Crippen LogP contribution in [-0.4, -0.2) is 24.5 Å². The van der Waals surface area contributed by atoms with E-state index < -0.39 is 11.5 Å². The molecule has 1 spiro atoms. The number of aliphatic imine (C=N–C) groups is 1. The molecule has 2 atom stereocenters. The lowest BCUT2D eigenvalue weighted by Crippen LogP contribution is -2.30. The van der Waals surface area contributed by atoms with Crippen molar-refractivity contribution in [1.29, 1.82) is 0 Å². The molecule has 1 aromatic carbocycles. The molecule has 2 unspecified atom stereocenters. The van der Waals surface area contributed by atoms with Gasteiger partial charge in [0.05, 0.1) is 13.2 Å². The van der Waals surface area contributed by atoms with E-state index in [0.29, 0.717) is 17.3 Å². The van der Waals surface area contributed by atoms with Gasteiger partial charge in [-0.05, 0) is 36.3 Å². The molecule has 0 saturated carbocycles. The van der Waals surface area contributed by atoms with Gasteiger partial charge in [0.1, 0.15) is 11.2 Å². The van der Waals surface area contributed by atoms with Gasteiger partial charge in [-0.15, -0.1) is 0 Å². The molecular formula is C17H15NO3. The average Bonchev–Trinajstić information content (AvgIpc) is 2.67. The number of ether oxygens (including phenoxy) is 2. The Labute approximate surface area is 122 Å². The maximum atomic E-state index is 9.85. The van der Waals surface area contributed by atoms with Crippen molar-refractivity contribution >= 4 is 12.3 Å². The van der Waals surface area contributed by atoms with E-state index in [9.17, 15) is 5.11 Å². The predicted molar refractivity (Wildman–Crippen MR) is 80.8 cm³/mol. The van der Waals surface area contributed by atoms with Gasteiger partial charge in [0.2, 0.25) is 0 Å². The molecular weight excluding hydrogens is 266 g/mol. The summed E-state index contributed by atoms with van der Waals surface area (Å²) in [6, 6.07) is 1.97. The predicted octanol–water partition coefficient (Wildman–Crippen LogP) is 2.50. The van der Waals surface area contributed by atoms with Gasteiger partial charge in [-0.25, -0.2) is 0 Å². The summed E-state index contributed by atoms with van der Waals surface area (Å²) in [5.41, 5.74) is 2.68. The number of aliphatic hydroxyl groups excluding tert-OH is 1. The van der Waals surface area contributed by atoms with Crippen LogP contribution >= 0.6 is 0 Å². The van der Waals surface area contributed by atoms with Crippen LogP contribution in [0.1, 0.15) is 16.7 Å². The van der Waals surface area contributed by atoms with E-state index in [1.54, 1.807) is 25.5 Å². The number of benzene rings is 1. The number of hydrogen-bond donors (Lipinski definition) is 1. The Bertz CT molecular complexity index is 758. The highest BCUT2D eigenvalue weighted by molar-refractivity contribution is 5.91. The molecule has 0 aromatic heterocycles. The highest BCUT2D eigenvalue weighted by Gasteiger charge is 2.48. The Balaban J connectivity index is 2.11. The van der Waals surface area contributed by atoms with Crippen LogP contribution in [0, 0.1) is 6.92 Å². The minimum absolute atomic E-state index is 0.549. The van der Waals surface area contributed by atoms with Gasteiger partial charge >= 0.3 is 0 Å². The average molecular weight is 281 g/mol. The number of rotatable bonds is 1. The first-order valence-corrected chi connectivity index (χ1v) is 6.86. The van der Waals surface area contributed by atoms with Crippen LogP contribution in [0.5, 0.6) is 11.5 Å². The minimum Gasteiger partial charge on any atom is -0.493 e. The topological polar surface area (TPSA) is 51.0 Å². The van der Waals surface area contributed by atoms with Crippen LogP contribution in [0.2, 0.25) is 0 Å². The van der Waals surface area contributed by atoms with Crippen molar-refractivity contribution in [2.24, 2.45) is 4.99 Å². The van der Waals surface area contributed by atoms with Crippen LogP contribution in [0.4, 0.5) is 0 Å². The summed E-state index contributed by atoms with van der Waals surface area (Å²) in [6.45, 7) is 2.05. The van der Waals surface area contributed by atoms with E-state index in [1.165, 1.54) is 0 Å². The zero-order valence-electron chi connectivity index (χ0n) is 11.8. The molecule has 0 amide bonds. The number of aliphatic hydroxyl groups is 1. The highest BCUT2D eigenvalue weighted by atomic mass is 16.5. The molecule has 0 saturated heterocycles. The number of allylic oxidation sites excluding steroid dienone is 1. The number of hydrogen-bond acceptors (Lipinski definition) is 4. The zero-order valence-corrected chi connectivity index (χ0v) is 11.8. The van der Waals surface area contributed by atoms with Gasteiger partial charge in [0.25, 0.3) is 0 Å². The van der Waals surface area contributed by atoms with Crippen molar-refractivity contribution in [3.63, 3.8) is 0 Å². The van der Waals surface area contributed by atoms with Crippen molar-refractivity contribution in [3.05, 3.63) is 52.9 Å². The fraction of sp³-hybridized carbons (Fsp3) is 0.235. The van der Waals surface area contributed by atoms with Crippen LogP contribution in [0.25, 0.3) is 6.08 Å². The smallest absolute Gasteiger partial charge is 0.174 e. The lowest BCUT2D eigenvalue weighted by atomic mass is 9.75. The van der Waals surface area contributed by atoms with E-state index >= 15 is 0 Å². The molecule has 0 fully saturated rings. The van der Waals surface area contributed by atoms with E-state index in [1.807, 2.05) is 31.4 Å². The van der Waals surface area contributed by atoms with Crippen LogP contribution in [-0.2, 0) is 5.41 Å². The van der Waals surface area contributed by atoms with Crippen molar-refractivity contribution < 1.29 is 14.6 Å². The third-order valence-corrected chi connectivity index (χ3v) is 4.23. The SMILES string of the molecule is COc1cc(C)c2c3c1OC1=CC(O)C=CC13C=NC=C2. The number of aryl methyl sites for hydroxylation is 1. The van der Waals surface area contributed by atoms with Gasteiger partial charge in [-0.1, -0.05) is 12.2 Å². The second-order valence-electron chi connectivity index (χ2n) is 5.46. The standard InChI is InChI=1S/C17H15NO3/c1-10-7-13(20-2)16-15-12(10)4-6-18-9-17(15)5-3-11(19)8-14(17)21-16/h3-9,11,19H,1-2H3. The molecule has 0 radical (unpaired) electrons. The highest BCUT2D eigenvalue weighted by Crippen LogP contribution is 2.54. The summed E-state index contributed by atoms with van der Waals surface area (Å²) in [7, 11) is 1.63. The molecule has 2 heterocycles. The Morgan fingerprint density at radius 2 is 2.29 bits per heavy atom. The summed E-state index contributed by atoms with van der Waals surface area (Å²) in [6.07, 6.45) is 10.4. The fourth-order valence-corrected chi connectivity index (χ4v) is 3.23. The van der Waals surface area contributed by atoms with Gasteiger partial charge in [-0.3, -0.25) is 4.99 Å². The molecule has 1 N–H and O–H groups in total. The molecule has 2 aliphatic heterocycles. The first-order chi connectivity index (χ1) is 10.2. The van der Waals surface area contributed by atoms with Crippen LogP contribution < -0.4 is 9.47 Å². The van der Waals surface area contributed by atoms with Gasteiger partial charge in [0.15, 0.2) is 11.5 Å². The Morgan fingerprint density at radius 3 is 3.10 bits per heavy atom. The van der Waals surface area contributed by atoms with E-state index in [2.05, 4.69) is 4.99 Å². The number of nitrogens with zero attached hydrogens (tertiary/aromatic N) is 1. The normalized spacial score (nSPS) is 27.6. The molecule has 4 heteroatoms. The first-order valence-electron chi connectivity index (χ1n) is 6.86. The summed E-state index contributed by atoms with van der Waals surface area (Å²) in [5, 5.41) is 9.85. The third-order valence-electron chi connectivity index (χ3n) is 4.23. The number of methoxy groups -OCH3 is 1. The molecule has 4 nitrogen and oxygen atoms in total. The summed E-state index contributed by atoms with van der Waals surface area (Å²) < 4.78 is 11.5. The summed E-state index contributed by atoms with van der Waals surface area (Å²) in [5.74, 6) is 2.10. The Kier molecular flexibility index (Phi) is 2.41. The van der Waals surface area contributed by atoms with Gasteiger partial charge in [-0.2, -0.15) is 0 Å². The van der Waals surface area contributed by atoms with Gasteiger partial charge < -0.3 is 14.6 Å². The van der Waals surface area contributed by atoms with E-state index in [-0.39, 0.29) is 0 Å². The van der Waals surface area contributed by atoms with Crippen molar-refractivity contribution in [2.45, 2.75) is 18.4 Å². The van der Waals surface area contributed by atoms with E-state index in [4.69, 9.17) is 9.47 Å². The van der Waals surface area contributed by atoms with Crippen molar-refractivity contribution in [3.8, 4) is 11.5 Å². The molecule has 106 valence electrons. The minimum atomic E-state index is -0.639. The largest absolute Gasteiger partial charge is 0.493 e. The Morgan fingerprint density at radius 1 is 1.43 bits per heavy atom. The lowest BCUT2D eigenvalue weighted by Gasteiger charge is -2.25. The van der Waals surface area contributed by atoms with Crippen molar-refractivity contribution in [1.82, 2.24) is 0 Å². The monoisotopic (exact) mass is 281 g/mol. The quantitative estimate of drug-likeness (QED) is 0.805. The summed E-state index contributed by atoms with van der Waals surface area (Å²) in [4.78, 5) is 4.37. The summed E-state index contributed by atoms with van der Waals surface area (Å²) >= 11 is 0. The first kappa shape index (κ1) is 12.4. The Hall–Kier alpha value is -2.33. The van der Waals surface area contributed by atoms with Crippen LogP contribution in [0.3, 0.4) is 0 Å². The fourth-order valence-electron chi connectivity index (χ4n) is 3.23. The molecule has 3 aliphatic rings. The third kappa shape index (κ3) is 1.51. The zero-order chi connectivity index (χ0) is 14.6. The second kappa shape index (κ2) is 4.09. The maximum absolute atomic E-state index is 9.85. The lowest BCUT2D eigenvalue weighted by molar-refractivity contribution is 0.258. The van der Waals surface area contributed by atoms with Gasteiger partial charge in [0, 0.05) is 18.0 Å². The second-order valence-corrected chi connectivity index (χ2v) is 5.46.